The third-order valence-corrected chi connectivity index (χ3v) is 5.84. The number of hydrogen-bond acceptors (Lipinski definition) is 0. The van der Waals surface area contributed by atoms with E-state index in [-0.39, 0.29) is 0 Å². The Kier molecular flexibility index (Phi) is 4.88. The Morgan fingerprint density at radius 1 is 0.846 bits per heavy atom. The average Bonchev–Trinajstić information content (AvgIpc) is 3.16. The van der Waals surface area contributed by atoms with Gasteiger partial charge in [0.05, 0.1) is 0 Å². The molecule has 0 amide bonds. The predicted octanol–water partition coefficient (Wildman–Crippen LogP) is 5.89. The van der Waals surface area contributed by atoms with Crippen molar-refractivity contribution in [2.75, 3.05) is 0 Å². The summed E-state index contributed by atoms with van der Waals surface area (Å²) in [7, 11) is 2.14. The van der Waals surface area contributed by atoms with E-state index in [2.05, 4.69) is 85.4 Å². The van der Waals surface area contributed by atoms with Gasteiger partial charge < -0.3 is 0 Å². The molecule has 0 spiro atoms. The molecule has 2 aromatic carbocycles. The lowest BCUT2D eigenvalue weighted by Crippen LogP contribution is -2.30. The molecule has 26 heavy (non-hydrogen) atoms. The van der Waals surface area contributed by atoms with Gasteiger partial charge in [-0.05, 0) is 48.1 Å². The number of nitrogens with zero attached hydrogens (tertiary/aromatic N) is 1. The monoisotopic (exact) mass is 342 g/mol. The molecule has 4 rings (SSSR count). The maximum absolute atomic E-state index is 2.32. The molecule has 0 aliphatic heterocycles. The zero-order valence-corrected chi connectivity index (χ0v) is 15.9. The molecule has 1 saturated carbocycles. The lowest BCUT2D eigenvalue weighted by atomic mass is 9.96. The van der Waals surface area contributed by atoms with E-state index in [1.54, 1.807) is 0 Å². The van der Waals surface area contributed by atoms with Gasteiger partial charge in [0, 0.05) is 17.2 Å². The smallest absolute Gasteiger partial charge is 0.200 e. The summed E-state index contributed by atoms with van der Waals surface area (Å²) in [5.41, 5.74) is 7.93. The van der Waals surface area contributed by atoms with Crippen LogP contribution in [0.5, 0.6) is 0 Å². The van der Waals surface area contributed by atoms with E-state index in [0.717, 1.165) is 5.92 Å². The molecule has 0 bridgehead atoms. The maximum Gasteiger partial charge on any atom is 0.212 e. The van der Waals surface area contributed by atoms with Gasteiger partial charge in [-0.3, -0.25) is 0 Å². The standard InChI is InChI=1S/C25H28N/c1-19-7-3-6-10-24(19)25-16-15-23(18-26(25)2)22-13-11-21(12-14-22)17-20-8-4-5-9-20/h3,6-7,10-16,18,20H,4-5,8-9,17H2,1-2H3/q+1. The maximum atomic E-state index is 2.32. The molecule has 132 valence electrons. The highest BCUT2D eigenvalue weighted by Gasteiger charge is 2.16. The van der Waals surface area contributed by atoms with Crippen molar-refractivity contribution in [1.29, 1.82) is 0 Å². The van der Waals surface area contributed by atoms with Crippen LogP contribution in [0.3, 0.4) is 0 Å². The molecular formula is C25H28N+. The van der Waals surface area contributed by atoms with Crippen molar-refractivity contribution in [3.63, 3.8) is 0 Å². The van der Waals surface area contributed by atoms with Gasteiger partial charge in [0.2, 0.25) is 5.69 Å². The van der Waals surface area contributed by atoms with Crippen molar-refractivity contribution in [2.45, 2.75) is 39.0 Å². The Balaban J connectivity index is 1.56. The van der Waals surface area contributed by atoms with Gasteiger partial charge in [-0.1, -0.05) is 68.1 Å². The highest BCUT2D eigenvalue weighted by Crippen LogP contribution is 2.29. The second-order valence-electron chi connectivity index (χ2n) is 7.78. The van der Waals surface area contributed by atoms with Crippen molar-refractivity contribution >= 4 is 0 Å². The van der Waals surface area contributed by atoms with E-state index >= 15 is 0 Å². The SMILES string of the molecule is Cc1ccccc1-c1ccc(-c2ccc(CC3CCCC3)cc2)c[n+]1C. The van der Waals surface area contributed by atoms with Crippen molar-refractivity contribution in [2.24, 2.45) is 13.0 Å². The van der Waals surface area contributed by atoms with Crippen LogP contribution in [0, 0.1) is 12.8 Å². The topological polar surface area (TPSA) is 3.88 Å². The van der Waals surface area contributed by atoms with E-state index in [1.165, 1.54) is 65.6 Å². The van der Waals surface area contributed by atoms with Gasteiger partial charge in [-0.25, -0.2) is 4.57 Å². The van der Waals surface area contributed by atoms with Crippen LogP contribution in [-0.2, 0) is 13.5 Å². The number of pyridine rings is 1. The lowest BCUT2D eigenvalue weighted by Gasteiger charge is -2.10. The molecule has 1 heteroatoms. The van der Waals surface area contributed by atoms with Crippen LogP contribution in [0.15, 0.2) is 66.9 Å². The second kappa shape index (κ2) is 7.45. The number of benzene rings is 2. The highest BCUT2D eigenvalue weighted by atomic mass is 14.9. The van der Waals surface area contributed by atoms with Crippen LogP contribution >= 0.6 is 0 Å². The summed E-state index contributed by atoms with van der Waals surface area (Å²) in [5, 5.41) is 0. The van der Waals surface area contributed by atoms with Crippen molar-refractivity contribution in [3.8, 4) is 22.4 Å². The Labute approximate surface area is 157 Å². The molecule has 3 aromatic rings. The molecule has 0 N–H and O–H groups in total. The van der Waals surface area contributed by atoms with Crippen molar-refractivity contribution in [1.82, 2.24) is 0 Å². The summed E-state index contributed by atoms with van der Waals surface area (Å²) in [5.74, 6) is 0.909. The van der Waals surface area contributed by atoms with Crippen LogP contribution < -0.4 is 4.57 Å². The third kappa shape index (κ3) is 3.58. The molecule has 0 atom stereocenters. The van der Waals surface area contributed by atoms with Crippen LogP contribution in [-0.4, -0.2) is 0 Å². The minimum Gasteiger partial charge on any atom is -0.200 e. The second-order valence-corrected chi connectivity index (χ2v) is 7.78. The Bertz CT molecular complexity index is 886. The quantitative estimate of drug-likeness (QED) is 0.521. The minimum atomic E-state index is 0.909. The normalized spacial score (nSPS) is 14.7. The van der Waals surface area contributed by atoms with Gasteiger partial charge >= 0.3 is 0 Å². The lowest BCUT2D eigenvalue weighted by molar-refractivity contribution is -0.659. The number of aromatic nitrogens is 1. The van der Waals surface area contributed by atoms with Gasteiger partial charge in [0.1, 0.15) is 7.05 Å². The first-order valence-electron chi connectivity index (χ1n) is 9.86. The molecule has 0 radical (unpaired) electrons. The molecule has 1 aromatic heterocycles. The Morgan fingerprint density at radius 3 is 2.23 bits per heavy atom. The fourth-order valence-corrected chi connectivity index (χ4v) is 4.30. The molecule has 1 aliphatic carbocycles. The van der Waals surface area contributed by atoms with Gasteiger partial charge in [-0.15, -0.1) is 0 Å². The van der Waals surface area contributed by atoms with Crippen molar-refractivity contribution in [3.05, 3.63) is 78.0 Å². The zero-order chi connectivity index (χ0) is 17.9. The Morgan fingerprint density at radius 2 is 1.54 bits per heavy atom. The van der Waals surface area contributed by atoms with Crippen molar-refractivity contribution < 1.29 is 4.57 Å². The number of rotatable bonds is 4. The summed E-state index contributed by atoms with van der Waals surface area (Å²) >= 11 is 0. The molecule has 0 unspecified atom stereocenters. The summed E-state index contributed by atoms with van der Waals surface area (Å²) in [4.78, 5) is 0. The fourth-order valence-electron chi connectivity index (χ4n) is 4.30. The first-order valence-corrected chi connectivity index (χ1v) is 9.86. The molecule has 1 heterocycles. The van der Waals surface area contributed by atoms with E-state index < -0.39 is 0 Å². The third-order valence-electron chi connectivity index (χ3n) is 5.84. The first-order chi connectivity index (χ1) is 12.7. The number of aryl methyl sites for hydroxylation is 2. The zero-order valence-electron chi connectivity index (χ0n) is 15.9. The van der Waals surface area contributed by atoms with Gasteiger partial charge in [0.25, 0.3) is 0 Å². The molecule has 0 saturated heterocycles. The largest absolute Gasteiger partial charge is 0.212 e. The summed E-state index contributed by atoms with van der Waals surface area (Å²) in [6.07, 6.45) is 9.17. The summed E-state index contributed by atoms with van der Waals surface area (Å²) in [6, 6.07) is 22.3. The molecule has 1 aliphatic rings. The predicted molar refractivity (Wildman–Crippen MR) is 109 cm³/mol. The van der Waals surface area contributed by atoms with E-state index in [9.17, 15) is 0 Å². The highest BCUT2D eigenvalue weighted by molar-refractivity contribution is 5.66. The molecule has 1 nitrogen and oxygen atoms in total. The van der Waals surface area contributed by atoms with E-state index in [0.29, 0.717) is 0 Å². The molecule has 1 fully saturated rings. The van der Waals surface area contributed by atoms with Gasteiger partial charge in [0.15, 0.2) is 6.20 Å². The first kappa shape index (κ1) is 17.0. The van der Waals surface area contributed by atoms with Crippen LogP contribution in [0.1, 0.15) is 36.8 Å². The fraction of sp³-hybridized carbons (Fsp3) is 0.320. The van der Waals surface area contributed by atoms with Gasteiger partial charge in [-0.2, -0.15) is 0 Å². The summed E-state index contributed by atoms with van der Waals surface area (Å²) < 4.78 is 2.24. The summed E-state index contributed by atoms with van der Waals surface area (Å²) in [6.45, 7) is 2.17. The van der Waals surface area contributed by atoms with Crippen LogP contribution in [0.2, 0.25) is 0 Å². The van der Waals surface area contributed by atoms with E-state index in [1.807, 2.05) is 0 Å². The Hall–Kier alpha value is -2.41. The number of hydrogen-bond donors (Lipinski definition) is 0. The average molecular weight is 343 g/mol. The minimum absolute atomic E-state index is 0.909. The van der Waals surface area contributed by atoms with Crippen LogP contribution in [0.25, 0.3) is 22.4 Å². The van der Waals surface area contributed by atoms with Crippen LogP contribution in [0.4, 0.5) is 0 Å². The van der Waals surface area contributed by atoms with E-state index in [4.69, 9.17) is 0 Å². The molecular weight excluding hydrogens is 314 g/mol.